The van der Waals surface area contributed by atoms with Crippen molar-refractivity contribution in [2.45, 2.75) is 89.8 Å². The number of methoxy groups -OCH3 is 1. The third kappa shape index (κ3) is 9.72. The van der Waals surface area contributed by atoms with E-state index in [1.807, 2.05) is 60.7 Å². The highest BCUT2D eigenvalue weighted by molar-refractivity contribution is 5.99. The van der Waals surface area contributed by atoms with Crippen LogP contribution in [0.4, 0.5) is 10.6 Å². The summed E-state index contributed by atoms with van der Waals surface area (Å²) in [7, 11) is 1.30. The Morgan fingerprint density at radius 3 is 2.22 bits per heavy atom. The van der Waals surface area contributed by atoms with Crippen molar-refractivity contribution >= 4 is 35.6 Å². The Kier molecular flexibility index (Phi) is 12.2. The van der Waals surface area contributed by atoms with Crippen LogP contribution in [0.3, 0.4) is 0 Å². The monoisotopic (exact) mass is 704 g/mol. The normalized spacial score (nSPS) is 16.4. The minimum atomic E-state index is -1.46. The maximum Gasteiger partial charge on any atom is 0.408 e. The van der Waals surface area contributed by atoms with E-state index in [0.29, 0.717) is 24.9 Å². The van der Waals surface area contributed by atoms with Crippen LogP contribution in [-0.2, 0) is 45.5 Å². The number of nitrogens with one attached hydrogen (secondary N) is 3. The number of hydrogen-bond donors (Lipinski definition) is 3. The number of likely N-dealkylation sites (tertiary alicyclic amines) is 1. The van der Waals surface area contributed by atoms with Gasteiger partial charge in [0.25, 0.3) is 11.8 Å². The fraction of sp³-hybridized carbons (Fsp3) is 0.459. The molecule has 3 aromatic rings. The Labute approximate surface area is 298 Å². The molecule has 4 amide bonds. The summed E-state index contributed by atoms with van der Waals surface area (Å²) >= 11 is 0. The molecule has 3 atom stereocenters. The van der Waals surface area contributed by atoms with Gasteiger partial charge in [-0.1, -0.05) is 60.7 Å². The topological polar surface area (TPSA) is 170 Å². The zero-order chi connectivity index (χ0) is 37.4. The van der Waals surface area contributed by atoms with Crippen molar-refractivity contribution in [3.8, 4) is 0 Å². The molecule has 3 N–H and O–H groups in total. The number of rotatable bonds is 13. The first-order chi connectivity index (χ1) is 24.0. The lowest BCUT2D eigenvalue weighted by atomic mass is 9.89. The maximum absolute atomic E-state index is 14.3. The predicted octanol–water partition coefficient (Wildman–Crippen LogP) is 3.75. The molecule has 14 nitrogen and oxygen atoms in total. The molecule has 0 radical (unpaired) electrons. The second kappa shape index (κ2) is 16.2. The van der Waals surface area contributed by atoms with Gasteiger partial charge < -0.3 is 39.6 Å². The van der Waals surface area contributed by atoms with Crippen LogP contribution in [0.25, 0.3) is 0 Å². The van der Waals surface area contributed by atoms with Crippen LogP contribution >= 0.6 is 0 Å². The van der Waals surface area contributed by atoms with E-state index >= 15 is 0 Å². The van der Waals surface area contributed by atoms with Crippen molar-refractivity contribution in [2.24, 2.45) is 0 Å². The maximum atomic E-state index is 14.3. The zero-order valence-electron chi connectivity index (χ0n) is 30.2. The third-order valence-electron chi connectivity index (χ3n) is 8.49. The van der Waals surface area contributed by atoms with Crippen LogP contribution in [0, 0.1) is 0 Å². The number of aromatic nitrogens is 2. The molecule has 1 saturated heterocycles. The molecule has 0 bridgehead atoms. The van der Waals surface area contributed by atoms with Crippen LogP contribution in [-0.4, -0.2) is 87.7 Å². The number of imidazole rings is 1. The molecular weight excluding hydrogens is 656 g/mol. The van der Waals surface area contributed by atoms with E-state index in [2.05, 4.69) is 20.9 Å². The minimum absolute atomic E-state index is 0.106. The predicted molar refractivity (Wildman–Crippen MR) is 188 cm³/mol. The fourth-order valence-electron chi connectivity index (χ4n) is 5.67. The molecule has 4 rings (SSSR count). The lowest BCUT2D eigenvalue weighted by Crippen LogP contribution is -2.59. The van der Waals surface area contributed by atoms with Crippen molar-refractivity contribution in [1.29, 1.82) is 0 Å². The number of esters is 1. The number of ether oxygens (including phenoxy) is 3. The van der Waals surface area contributed by atoms with Crippen molar-refractivity contribution in [3.05, 3.63) is 84.3 Å². The van der Waals surface area contributed by atoms with Crippen LogP contribution in [0.15, 0.2) is 73.2 Å². The summed E-state index contributed by atoms with van der Waals surface area (Å²) in [6, 6.07) is 16.5. The van der Waals surface area contributed by atoms with Gasteiger partial charge in [0.2, 0.25) is 5.91 Å². The highest BCUT2D eigenvalue weighted by Crippen LogP contribution is 2.33. The van der Waals surface area contributed by atoms with E-state index in [1.54, 1.807) is 32.3 Å². The summed E-state index contributed by atoms with van der Waals surface area (Å²) in [5.74, 6) is -2.02. The van der Waals surface area contributed by atoms with Gasteiger partial charge in [0, 0.05) is 12.7 Å². The van der Waals surface area contributed by atoms with Crippen LogP contribution < -0.4 is 16.0 Å². The summed E-state index contributed by atoms with van der Waals surface area (Å²) in [6.45, 7) is 10.2. The van der Waals surface area contributed by atoms with Gasteiger partial charge in [-0.15, -0.1) is 0 Å². The Morgan fingerprint density at radius 1 is 0.941 bits per heavy atom. The highest BCUT2D eigenvalue weighted by Gasteiger charge is 2.46. The lowest BCUT2D eigenvalue weighted by molar-refractivity contribution is -0.153. The Balaban J connectivity index is 1.57. The Hall–Kier alpha value is -5.24. The van der Waals surface area contributed by atoms with Gasteiger partial charge in [-0.3, -0.25) is 14.4 Å². The standard InChI is InChI=1S/C37H48N6O8/c1-35(2,3)51-34(48)41-36(4,5)32(46)39-27(23-50-22-25-15-10-8-11-16-25)30(44)40-29-21-42(24-38-29)37(6,26-17-12-9-13-18-26)33(47)43-20-14-19-28(43)31(45)49-7/h8-13,15-18,21,24,27-28H,14,19-20,22-23H2,1-7H3,(H,39,46)(H,40,44)(H,41,48)/t27-,28+,37?/m0/s1. The van der Waals surface area contributed by atoms with Crippen LogP contribution in [0.5, 0.6) is 0 Å². The van der Waals surface area contributed by atoms with Gasteiger partial charge in [0.05, 0.1) is 26.7 Å². The molecule has 1 unspecified atom stereocenters. The first kappa shape index (κ1) is 38.6. The van der Waals surface area contributed by atoms with E-state index in [-0.39, 0.29) is 24.9 Å². The summed E-state index contributed by atoms with van der Waals surface area (Å²) < 4.78 is 17.7. The second-order valence-electron chi connectivity index (χ2n) is 14.1. The van der Waals surface area contributed by atoms with Crippen LogP contribution in [0.2, 0.25) is 0 Å². The van der Waals surface area contributed by atoms with Gasteiger partial charge in [0.1, 0.15) is 28.8 Å². The summed E-state index contributed by atoms with van der Waals surface area (Å²) in [4.78, 5) is 72.5. The quantitative estimate of drug-likeness (QED) is 0.224. The van der Waals surface area contributed by atoms with E-state index in [0.717, 1.165) is 5.56 Å². The molecule has 1 fully saturated rings. The second-order valence-corrected chi connectivity index (χ2v) is 14.1. The van der Waals surface area contributed by atoms with Gasteiger partial charge in [-0.2, -0.15) is 0 Å². The SMILES string of the molecule is COC(=O)[C@H]1CCCN1C(=O)C(C)(c1ccccc1)n1cnc(NC(=O)[C@H](COCc2ccccc2)NC(=O)C(C)(C)NC(=O)OC(C)(C)C)c1. The average Bonchev–Trinajstić information content (AvgIpc) is 3.77. The molecule has 2 heterocycles. The molecule has 0 spiro atoms. The summed E-state index contributed by atoms with van der Waals surface area (Å²) in [5.41, 5.74) is -2.09. The lowest BCUT2D eigenvalue weighted by Gasteiger charge is -2.36. The van der Waals surface area contributed by atoms with E-state index < -0.39 is 52.6 Å². The largest absolute Gasteiger partial charge is 0.467 e. The highest BCUT2D eigenvalue weighted by atomic mass is 16.6. The first-order valence-electron chi connectivity index (χ1n) is 16.8. The van der Waals surface area contributed by atoms with Gasteiger partial charge in [-0.25, -0.2) is 14.6 Å². The van der Waals surface area contributed by atoms with Crippen molar-refractivity contribution in [3.63, 3.8) is 0 Å². The fourth-order valence-corrected chi connectivity index (χ4v) is 5.67. The Morgan fingerprint density at radius 2 is 1.59 bits per heavy atom. The number of alkyl carbamates (subject to hydrolysis) is 1. The van der Waals surface area contributed by atoms with Crippen LogP contribution in [0.1, 0.15) is 65.5 Å². The van der Waals surface area contributed by atoms with Gasteiger partial charge in [-0.05, 0) is 65.5 Å². The minimum Gasteiger partial charge on any atom is -0.467 e. The average molecular weight is 705 g/mol. The van der Waals surface area contributed by atoms with Gasteiger partial charge in [0.15, 0.2) is 5.82 Å². The summed E-state index contributed by atoms with van der Waals surface area (Å²) in [6.07, 6.45) is 3.28. The van der Waals surface area contributed by atoms with E-state index in [4.69, 9.17) is 14.2 Å². The number of carbonyl (C=O) groups is 5. The zero-order valence-corrected chi connectivity index (χ0v) is 30.2. The van der Waals surface area contributed by atoms with Crippen molar-refractivity contribution in [2.75, 3.05) is 25.6 Å². The van der Waals surface area contributed by atoms with E-state index in [9.17, 15) is 24.0 Å². The van der Waals surface area contributed by atoms with Crippen molar-refractivity contribution in [1.82, 2.24) is 25.1 Å². The molecule has 0 aliphatic carbocycles. The first-order valence-corrected chi connectivity index (χ1v) is 16.8. The molecule has 2 aromatic carbocycles. The molecular formula is C37H48N6O8. The summed E-state index contributed by atoms with van der Waals surface area (Å²) in [5, 5.41) is 7.96. The molecule has 14 heteroatoms. The molecule has 1 aliphatic heterocycles. The number of benzene rings is 2. The third-order valence-corrected chi connectivity index (χ3v) is 8.49. The Bertz CT molecular complexity index is 1690. The number of nitrogens with zero attached hydrogens (tertiary/aromatic N) is 3. The number of hydrogen-bond acceptors (Lipinski definition) is 9. The molecule has 1 aromatic heterocycles. The molecule has 51 heavy (non-hydrogen) atoms. The van der Waals surface area contributed by atoms with Gasteiger partial charge >= 0.3 is 12.1 Å². The number of amides is 4. The molecule has 0 saturated carbocycles. The van der Waals surface area contributed by atoms with E-state index in [1.165, 1.54) is 38.4 Å². The number of carbonyl (C=O) groups excluding carboxylic acids is 5. The molecule has 1 aliphatic rings. The van der Waals surface area contributed by atoms with Crippen molar-refractivity contribution < 1.29 is 38.2 Å². The smallest absolute Gasteiger partial charge is 0.408 e. The molecule has 274 valence electrons. The number of anilines is 1.